The molecule has 0 aliphatic rings. The molecule has 15 heavy (non-hydrogen) atoms. The van der Waals surface area contributed by atoms with Crippen LogP contribution in [0.1, 0.15) is 30.1 Å². The van der Waals surface area contributed by atoms with Crippen LogP contribution in [0.25, 0.3) is 0 Å². The number of hydrogen-bond donors (Lipinski definition) is 0. The molecule has 0 radical (unpaired) electrons. The summed E-state index contributed by atoms with van der Waals surface area (Å²) in [5.74, 6) is 0.816. The first-order valence-corrected chi connectivity index (χ1v) is 6.52. The van der Waals surface area contributed by atoms with Crippen LogP contribution in [0.4, 0.5) is 0 Å². The van der Waals surface area contributed by atoms with E-state index in [1.807, 2.05) is 0 Å². The number of carbonyl (C=O) groups excluding carboxylic acids is 1. The van der Waals surface area contributed by atoms with E-state index in [-0.39, 0.29) is 5.12 Å². The topological polar surface area (TPSA) is 17.1 Å². The minimum absolute atomic E-state index is 0.0425. The fourth-order valence-corrected chi connectivity index (χ4v) is 2.74. The fourth-order valence-electron chi connectivity index (χ4n) is 1.07. The third-order valence-electron chi connectivity index (χ3n) is 1.90. The van der Waals surface area contributed by atoms with Crippen LogP contribution in [0.15, 0.2) is 18.2 Å². The van der Waals surface area contributed by atoms with Crippen molar-refractivity contribution in [2.24, 2.45) is 0 Å². The molecule has 82 valence electrons. The van der Waals surface area contributed by atoms with Crippen molar-refractivity contribution in [1.29, 1.82) is 0 Å². The number of carbonyl (C=O) groups is 1. The zero-order chi connectivity index (χ0) is 11.3. The Hall–Kier alpha value is -0.180. The van der Waals surface area contributed by atoms with Gasteiger partial charge in [0.25, 0.3) is 0 Å². The molecular weight excluding hydrogens is 251 g/mol. The van der Waals surface area contributed by atoms with Gasteiger partial charge in [-0.1, -0.05) is 54.4 Å². The van der Waals surface area contributed by atoms with E-state index in [2.05, 4.69) is 6.92 Å². The molecule has 1 aromatic carbocycles. The molecule has 0 unspecified atom stereocenters. The zero-order valence-electron chi connectivity index (χ0n) is 8.43. The number of rotatable bonds is 4. The van der Waals surface area contributed by atoms with Gasteiger partial charge in [-0.2, -0.15) is 0 Å². The number of halogens is 2. The first kappa shape index (κ1) is 12.9. The van der Waals surface area contributed by atoms with E-state index in [1.54, 1.807) is 18.2 Å². The van der Waals surface area contributed by atoms with Crippen LogP contribution in [0.5, 0.6) is 0 Å². The average Bonchev–Trinajstić information content (AvgIpc) is 2.18. The second-order valence-corrected chi connectivity index (χ2v) is 4.97. The maximum atomic E-state index is 11.8. The number of hydrogen-bond acceptors (Lipinski definition) is 2. The van der Waals surface area contributed by atoms with Crippen molar-refractivity contribution >= 4 is 40.1 Å². The summed E-state index contributed by atoms with van der Waals surface area (Å²) in [5.41, 5.74) is 0.432. The molecule has 0 aliphatic carbocycles. The molecule has 0 spiro atoms. The highest BCUT2D eigenvalue weighted by atomic mass is 35.5. The first-order chi connectivity index (χ1) is 7.16. The third-order valence-corrected chi connectivity index (χ3v) is 3.49. The molecule has 0 aliphatic heterocycles. The van der Waals surface area contributed by atoms with Crippen LogP contribution < -0.4 is 0 Å². The summed E-state index contributed by atoms with van der Waals surface area (Å²) in [7, 11) is 0. The summed E-state index contributed by atoms with van der Waals surface area (Å²) < 4.78 is 0. The molecule has 0 saturated heterocycles. The molecule has 0 amide bonds. The van der Waals surface area contributed by atoms with Gasteiger partial charge in [0.2, 0.25) is 5.12 Å². The Kier molecular flexibility index (Phi) is 5.51. The molecule has 1 aromatic rings. The van der Waals surface area contributed by atoms with Gasteiger partial charge in [-0.05, 0) is 18.6 Å². The summed E-state index contributed by atoms with van der Waals surface area (Å²) in [5, 5.41) is 0.812. The minimum Gasteiger partial charge on any atom is -0.281 e. The maximum Gasteiger partial charge on any atom is 0.222 e. The molecule has 0 saturated carbocycles. The van der Waals surface area contributed by atoms with Crippen LogP contribution in [0.2, 0.25) is 10.0 Å². The smallest absolute Gasteiger partial charge is 0.222 e. The maximum absolute atomic E-state index is 11.8. The average molecular weight is 263 g/mol. The molecule has 0 heterocycles. The Balaban J connectivity index is 2.73. The van der Waals surface area contributed by atoms with E-state index in [0.29, 0.717) is 15.6 Å². The lowest BCUT2D eigenvalue weighted by atomic mass is 10.2. The second-order valence-electron chi connectivity index (χ2n) is 3.09. The number of unbranched alkanes of at least 4 members (excludes halogenated alkanes) is 1. The molecule has 0 bridgehead atoms. The van der Waals surface area contributed by atoms with Crippen molar-refractivity contribution in [3.8, 4) is 0 Å². The van der Waals surface area contributed by atoms with Gasteiger partial charge in [-0.3, -0.25) is 4.79 Å². The van der Waals surface area contributed by atoms with Gasteiger partial charge in [0.15, 0.2) is 0 Å². The lowest BCUT2D eigenvalue weighted by Gasteiger charge is -2.04. The lowest BCUT2D eigenvalue weighted by molar-refractivity contribution is 0.108. The quantitative estimate of drug-likeness (QED) is 0.734. The van der Waals surface area contributed by atoms with E-state index < -0.39 is 0 Å². The molecule has 0 N–H and O–H groups in total. The second kappa shape index (κ2) is 6.41. The van der Waals surface area contributed by atoms with Gasteiger partial charge in [0.05, 0.1) is 15.6 Å². The number of benzene rings is 1. The predicted molar refractivity (Wildman–Crippen MR) is 68.2 cm³/mol. The largest absolute Gasteiger partial charge is 0.281 e. The standard InChI is InChI=1S/C11H12Cl2OS/c1-2-3-7-15-11(14)10-8(12)5-4-6-9(10)13/h4-6H,2-3,7H2,1H3. The van der Waals surface area contributed by atoms with Gasteiger partial charge in [0.1, 0.15) is 0 Å². The van der Waals surface area contributed by atoms with Gasteiger partial charge in [0, 0.05) is 5.75 Å². The van der Waals surface area contributed by atoms with Gasteiger partial charge in [-0.15, -0.1) is 0 Å². The van der Waals surface area contributed by atoms with Crippen molar-refractivity contribution in [3.63, 3.8) is 0 Å². The van der Waals surface area contributed by atoms with Crippen molar-refractivity contribution in [2.75, 3.05) is 5.75 Å². The van der Waals surface area contributed by atoms with Crippen LogP contribution in [-0.2, 0) is 0 Å². The van der Waals surface area contributed by atoms with Crippen LogP contribution >= 0.6 is 35.0 Å². The van der Waals surface area contributed by atoms with Crippen molar-refractivity contribution in [3.05, 3.63) is 33.8 Å². The Labute approximate surface area is 104 Å². The van der Waals surface area contributed by atoms with E-state index in [0.717, 1.165) is 18.6 Å². The molecule has 1 nitrogen and oxygen atoms in total. The molecule has 4 heteroatoms. The lowest BCUT2D eigenvalue weighted by Crippen LogP contribution is -1.97. The predicted octanol–water partition coefficient (Wildman–Crippen LogP) is 4.67. The summed E-state index contributed by atoms with van der Waals surface area (Å²) in [6.07, 6.45) is 2.11. The highest BCUT2D eigenvalue weighted by molar-refractivity contribution is 8.14. The SMILES string of the molecule is CCCCSC(=O)c1c(Cl)cccc1Cl. The fraction of sp³-hybridized carbons (Fsp3) is 0.364. The first-order valence-electron chi connectivity index (χ1n) is 4.78. The Bertz CT molecular complexity index is 332. The minimum atomic E-state index is -0.0425. The highest BCUT2D eigenvalue weighted by Gasteiger charge is 2.14. The Morgan fingerprint density at radius 1 is 1.33 bits per heavy atom. The van der Waals surface area contributed by atoms with Gasteiger partial charge >= 0.3 is 0 Å². The van der Waals surface area contributed by atoms with Gasteiger partial charge in [-0.25, -0.2) is 0 Å². The summed E-state index contributed by atoms with van der Waals surface area (Å²) in [4.78, 5) is 11.8. The highest BCUT2D eigenvalue weighted by Crippen LogP contribution is 2.28. The molecular formula is C11H12Cl2OS. The van der Waals surface area contributed by atoms with Crippen LogP contribution in [0, 0.1) is 0 Å². The van der Waals surface area contributed by atoms with E-state index in [9.17, 15) is 4.79 Å². The van der Waals surface area contributed by atoms with E-state index in [4.69, 9.17) is 23.2 Å². The molecule has 0 fully saturated rings. The third kappa shape index (κ3) is 3.71. The summed E-state index contributed by atoms with van der Waals surface area (Å²) >= 11 is 13.1. The zero-order valence-corrected chi connectivity index (χ0v) is 10.8. The molecule has 1 rings (SSSR count). The van der Waals surface area contributed by atoms with Crippen LogP contribution in [-0.4, -0.2) is 10.9 Å². The van der Waals surface area contributed by atoms with E-state index in [1.165, 1.54) is 11.8 Å². The Morgan fingerprint density at radius 3 is 2.47 bits per heavy atom. The van der Waals surface area contributed by atoms with Crippen LogP contribution in [0.3, 0.4) is 0 Å². The monoisotopic (exact) mass is 262 g/mol. The van der Waals surface area contributed by atoms with Crippen molar-refractivity contribution in [1.82, 2.24) is 0 Å². The summed E-state index contributed by atoms with van der Waals surface area (Å²) in [6.45, 7) is 2.09. The van der Waals surface area contributed by atoms with E-state index >= 15 is 0 Å². The summed E-state index contributed by atoms with van der Waals surface area (Å²) in [6, 6.07) is 5.10. The van der Waals surface area contributed by atoms with Crippen molar-refractivity contribution < 1.29 is 4.79 Å². The van der Waals surface area contributed by atoms with Gasteiger partial charge < -0.3 is 0 Å². The normalized spacial score (nSPS) is 10.3. The number of thioether (sulfide) groups is 1. The molecule has 0 atom stereocenters. The van der Waals surface area contributed by atoms with Crippen molar-refractivity contribution in [2.45, 2.75) is 19.8 Å². The Morgan fingerprint density at radius 2 is 1.93 bits per heavy atom. The molecule has 0 aromatic heterocycles.